The minimum absolute atomic E-state index is 0.0194. The summed E-state index contributed by atoms with van der Waals surface area (Å²) in [6.07, 6.45) is 0.0629. The number of hydrogen-bond donors (Lipinski definition) is 3. The fraction of sp³-hybridized carbons (Fsp3) is 0.400. The molecule has 0 amide bonds. The second kappa shape index (κ2) is 8.12. The minimum Gasteiger partial charge on any atom is -0.504 e. The van der Waals surface area contributed by atoms with Gasteiger partial charge in [-0.3, -0.25) is 0 Å². The van der Waals surface area contributed by atoms with E-state index in [0.717, 1.165) is 12.0 Å². The van der Waals surface area contributed by atoms with Gasteiger partial charge in [-0.05, 0) is 53.6 Å². The van der Waals surface area contributed by atoms with Crippen LogP contribution >= 0.6 is 0 Å². The van der Waals surface area contributed by atoms with E-state index in [9.17, 15) is 15.3 Å². The van der Waals surface area contributed by atoms with Crippen LogP contribution in [0.5, 0.6) is 23.0 Å². The SMILES string of the molecule is COc1cc(C[C@H](C)[C@@H](C)C(O)c2ccc(O)c(OC)c2)ccc1O. The molecule has 5 nitrogen and oxygen atoms in total. The van der Waals surface area contributed by atoms with Crippen molar-refractivity contribution >= 4 is 0 Å². The average Bonchev–Trinajstić information content (AvgIpc) is 2.62. The van der Waals surface area contributed by atoms with Gasteiger partial charge < -0.3 is 24.8 Å². The van der Waals surface area contributed by atoms with Crippen molar-refractivity contribution in [1.82, 2.24) is 0 Å². The molecular formula is C20H26O5. The molecule has 1 unspecified atom stereocenters. The highest BCUT2D eigenvalue weighted by atomic mass is 16.5. The smallest absolute Gasteiger partial charge is 0.160 e. The number of ether oxygens (including phenoxy) is 2. The van der Waals surface area contributed by atoms with E-state index in [1.165, 1.54) is 20.3 Å². The summed E-state index contributed by atoms with van der Waals surface area (Å²) in [5.74, 6) is 1.12. The molecule has 136 valence electrons. The standard InChI is InChI=1S/C20H26O5/c1-12(9-14-5-7-16(21)18(10-14)24-3)13(2)20(23)15-6-8-17(22)19(11-15)25-4/h5-8,10-13,20-23H,9H2,1-4H3/t12-,13+,20?/m0/s1. The van der Waals surface area contributed by atoms with Crippen LogP contribution in [0, 0.1) is 11.8 Å². The lowest BCUT2D eigenvalue weighted by molar-refractivity contribution is 0.0869. The molecule has 0 fully saturated rings. The number of benzene rings is 2. The van der Waals surface area contributed by atoms with Gasteiger partial charge in [0.15, 0.2) is 23.0 Å². The number of hydrogen-bond acceptors (Lipinski definition) is 5. The van der Waals surface area contributed by atoms with Gasteiger partial charge in [-0.15, -0.1) is 0 Å². The maximum absolute atomic E-state index is 10.7. The van der Waals surface area contributed by atoms with E-state index in [0.29, 0.717) is 17.1 Å². The highest BCUT2D eigenvalue weighted by molar-refractivity contribution is 5.43. The Morgan fingerprint density at radius 1 is 0.880 bits per heavy atom. The van der Waals surface area contributed by atoms with Crippen LogP contribution in [-0.2, 0) is 6.42 Å². The molecule has 0 bridgehead atoms. The first-order valence-electron chi connectivity index (χ1n) is 8.28. The second-order valence-corrected chi connectivity index (χ2v) is 6.42. The number of rotatable bonds is 7. The highest BCUT2D eigenvalue weighted by Crippen LogP contribution is 2.35. The second-order valence-electron chi connectivity index (χ2n) is 6.42. The van der Waals surface area contributed by atoms with Gasteiger partial charge in [0.25, 0.3) is 0 Å². The minimum atomic E-state index is -0.677. The van der Waals surface area contributed by atoms with Gasteiger partial charge in [0.1, 0.15) is 0 Å². The predicted octanol–water partition coefficient (Wildman–Crippen LogP) is 3.66. The average molecular weight is 346 g/mol. The topological polar surface area (TPSA) is 79.2 Å². The monoisotopic (exact) mass is 346 g/mol. The molecule has 0 spiro atoms. The zero-order chi connectivity index (χ0) is 18.6. The van der Waals surface area contributed by atoms with E-state index in [1.807, 2.05) is 19.1 Å². The molecule has 2 aromatic carbocycles. The molecule has 2 rings (SSSR count). The Kier molecular flexibility index (Phi) is 6.15. The lowest BCUT2D eigenvalue weighted by atomic mass is 9.83. The van der Waals surface area contributed by atoms with Crippen molar-refractivity contribution in [2.75, 3.05) is 14.2 Å². The number of methoxy groups -OCH3 is 2. The van der Waals surface area contributed by atoms with Gasteiger partial charge in [-0.2, -0.15) is 0 Å². The summed E-state index contributed by atoms with van der Waals surface area (Å²) in [7, 11) is 3.00. The van der Waals surface area contributed by atoms with Crippen molar-refractivity contribution in [3.63, 3.8) is 0 Å². The zero-order valence-corrected chi connectivity index (χ0v) is 15.1. The van der Waals surface area contributed by atoms with E-state index in [2.05, 4.69) is 6.92 Å². The van der Waals surface area contributed by atoms with E-state index in [1.54, 1.807) is 18.2 Å². The molecular weight excluding hydrogens is 320 g/mol. The van der Waals surface area contributed by atoms with Gasteiger partial charge >= 0.3 is 0 Å². The van der Waals surface area contributed by atoms with E-state index >= 15 is 0 Å². The first kappa shape index (κ1) is 18.9. The third-order valence-corrected chi connectivity index (χ3v) is 4.74. The molecule has 25 heavy (non-hydrogen) atoms. The maximum atomic E-state index is 10.7. The molecule has 2 aromatic rings. The summed E-state index contributed by atoms with van der Waals surface area (Å²) >= 11 is 0. The Morgan fingerprint density at radius 3 is 2.04 bits per heavy atom. The van der Waals surface area contributed by atoms with Gasteiger partial charge in [-0.25, -0.2) is 0 Å². The predicted molar refractivity (Wildman–Crippen MR) is 96.3 cm³/mol. The zero-order valence-electron chi connectivity index (χ0n) is 15.1. The molecule has 0 aliphatic rings. The van der Waals surface area contributed by atoms with Crippen LogP contribution in [0.25, 0.3) is 0 Å². The van der Waals surface area contributed by atoms with E-state index < -0.39 is 6.10 Å². The van der Waals surface area contributed by atoms with E-state index in [4.69, 9.17) is 9.47 Å². The summed E-state index contributed by atoms with van der Waals surface area (Å²) in [6.45, 7) is 4.07. The number of aliphatic hydroxyl groups excluding tert-OH is 1. The molecule has 0 radical (unpaired) electrons. The lowest BCUT2D eigenvalue weighted by Gasteiger charge is -2.26. The van der Waals surface area contributed by atoms with Crippen molar-refractivity contribution in [2.24, 2.45) is 11.8 Å². The van der Waals surface area contributed by atoms with Crippen molar-refractivity contribution in [1.29, 1.82) is 0 Å². The number of aliphatic hydroxyl groups is 1. The molecule has 5 heteroatoms. The number of aromatic hydroxyl groups is 2. The van der Waals surface area contributed by atoms with Crippen LogP contribution in [-0.4, -0.2) is 29.5 Å². The number of phenolic OH excluding ortho intramolecular Hbond substituents is 2. The van der Waals surface area contributed by atoms with Gasteiger partial charge in [-0.1, -0.05) is 26.0 Å². The Balaban J connectivity index is 2.12. The normalized spacial score (nSPS) is 14.6. The van der Waals surface area contributed by atoms with Gasteiger partial charge in [0, 0.05) is 0 Å². The lowest BCUT2D eigenvalue weighted by Crippen LogP contribution is -2.19. The molecule has 0 aliphatic heterocycles. The summed E-state index contributed by atoms with van der Waals surface area (Å²) in [6, 6.07) is 10.2. The molecule has 0 aliphatic carbocycles. The summed E-state index contributed by atoms with van der Waals surface area (Å²) in [4.78, 5) is 0. The van der Waals surface area contributed by atoms with Crippen LogP contribution < -0.4 is 9.47 Å². The molecule has 0 aromatic heterocycles. The van der Waals surface area contributed by atoms with Crippen LogP contribution in [0.3, 0.4) is 0 Å². The molecule has 0 saturated heterocycles. The van der Waals surface area contributed by atoms with Crippen LogP contribution in [0.15, 0.2) is 36.4 Å². The third kappa shape index (κ3) is 4.37. The molecule has 0 heterocycles. The molecule has 0 saturated carbocycles. The van der Waals surface area contributed by atoms with Crippen molar-refractivity contribution in [3.05, 3.63) is 47.5 Å². The molecule has 3 N–H and O–H groups in total. The van der Waals surface area contributed by atoms with Crippen LogP contribution in [0.2, 0.25) is 0 Å². The van der Waals surface area contributed by atoms with Gasteiger partial charge in [0.2, 0.25) is 0 Å². The highest BCUT2D eigenvalue weighted by Gasteiger charge is 2.23. The van der Waals surface area contributed by atoms with Crippen molar-refractivity contribution in [2.45, 2.75) is 26.4 Å². The Morgan fingerprint density at radius 2 is 1.44 bits per heavy atom. The fourth-order valence-corrected chi connectivity index (χ4v) is 2.90. The fourth-order valence-electron chi connectivity index (χ4n) is 2.90. The third-order valence-electron chi connectivity index (χ3n) is 4.74. The van der Waals surface area contributed by atoms with Crippen LogP contribution in [0.1, 0.15) is 31.1 Å². The molecule has 3 atom stereocenters. The summed E-state index contributed by atoms with van der Waals surface area (Å²) in [5.41, 5.74) is 1.74. The van der Waals surface area contributed by atoms with Crippen LogP contribution in [0.4, 0.5) is 0 Å². The van der Waals surface area contributed by atoms with Crippen molar-refractivity contribution in [3.8, 4) is 23.0 Å². The van der Waals surface area contributed by atoms with Gasteiger partial charge in [0.05, 0.1) is 20.3 Å². The first-order chi connectivity index (χ1) is 11.9. The summed E-state index contributed by atoms with van der Waals surface area (Å²) in [5, 5.41) is 30.1. The van der Waals surface area contributed by atoms with Crippen molar-refractivity contribution < 1.29 is 24.8 Å². The Labute approximate surface area is 148 Å². The Hall–Kier alpha value is -2.40. The maximum Gasteiger partial charge on any atom is 0.160 e. The number of phenols is 2. The first-order valence-corrected chi connectivity index (χ1v) is 8.28. The quantitative estimate of drug-likeness (QED) is 0.713. The Bertz CT molecular complexity index is 713. The summed E-state index contributed by atoms with van der Waals surface area (Å²) < 4.78 is 10.3. The van der Waals surface area contributed by atoms with E-state index in [-0.39, 0.29) is 23.3 Å². The largest absolute Gasteiger partial charge is 0.504 e.